The average molecular weight is 213 g/mol. The molecule has 0 fully saturated rings. The third kappa shape index (κ3) is 12.9. The summed E-state index contributed by atoms with van der Waals surface area (Å²) in [5, 5.41) is 0. The predicted molar refractivity (Wildman–Crippen MR) is 65.4 cm³/mol. The largest absolute Gasteiger partial charge is 0.481 e. The van der Waals surface area contributed by atoms with Gasteiger partial charge < -0.3 is 9.53 Å². The molecule has 0 aromatic carbocycles. The number of rotatable bonds is 4. The lowest BCUT2D eigenvalue weighted by molar-refractivity contribution is -0.0979. The highest BCUT2D eigenvalue weighted by Crippen LogP contribution is 2.09. The van der Waals surface area contributed by atoms with E-state index in [-0.39, 0.29) is 0 Å². The highest BCUT2D eigenvalue weighted by molar-refractivity contribution is 5.48. The first-order chi connectivity index (χ1) is 7.35. The van der Waals surface area contributed by atoms with Gasteiger partial charge in [0.1, 0.15) is 13.4 Å². The zero-order valence-corrected chi connectivity index (χ0v) is 9.95. The van der Waals surface area contributed by atoms with Crippen molar-refractivity contribution in [3.63, 3.8) is 0 Å². The monoisotopic (exact) mass is 213 g/mol. The molecular formula is C12H23NO2. The van der Waals surface area contributed by atoms with E-state index in [0.717, 1.165) is 6.61 Å². The minimum Gasteiger partial charge on any atom is -0.481 e. The molecule has 1 aliphatic heterocycles. The van der Waals surface area contributed by atoms with Gasteiger partial charge in [0.05, 0.1) is 6.04 Å². The van der Waals surface area contributed by atoms with E-state index in [1.807, 2.05) is 13.7 Å². The Balaban J connectivity index is 0. The molecule has 1 aliphatic rings. The molecule has 1 rings (SSSR count). The maximum atomic E-state index is 8.00. The fourth-order valence-electron chi connectivity index (χ4n) is 1.11. The number of allylic oxidation sites excluding steroid dienone is 1. The lowest BCUT2D eigenvalue weighted by atomic mass is 10.1. The van der Waals surface area contributed by atoms with Gasteiger partial charge in [0.15, 0.2) is 6.40 Å². The minimum atomic E-state index is 0.464. The molecule has 15 heavy (non-hydrogen) atoms. The van der Waals surface area contributed by atoms with Gasteiger partial charge in [-0.15, -0.1) is 6.58 Å². The van der Waals surface area contributed by atoms with Gasteiger partial charge >= 0.3 is 0 Å². The van der Waals surface area contributed by atoms with Crippen LogP contribution in [0.4, 0.5) is 0 Å². The second-order valence-electron chi connectivity index (χ2n) is 3.15. The van der Waals surface area contributed by atoms with Gasteiger partial charge in [0.2, 0.25) is 0 Å². The average Bonchev–Trinajstić information content (AvgIpc) is 2.75. The summed E-state index contributed by atoms with van der Waals surface area (Å²) in [4.78, 5) is 12.2. The highest BCUT2D eigenvalue weighted by atomic mass is 16.5. The molecule has 0 N–H and O–H groups in total. The molecule has 3 nitrogen and oxygen atoms in total. The fraction of sp³-hybridized carbons (Fsp3) is 0.667. The van der Waals surface area contributed by atoms with Crippen molar-refractivity contribution in [2.45, 2.75) is 45.6 Å². The number of hydrogen-bond acceptors (Lipinski definition) is 3. The summed E-state index contributed by atoms with van der Waals surface area (Å²) in [5.74, 6) is 0. The molecule has 88 valence electrons. The summed E-state index contributed by atoms with van der Waals surface area (Å²) in [7, 11) is 0. The Hall–Kier alpha value is -1.12. The first-order valence-corrected chi connectivity index (χ1v) is 5.34. The second kappa shape index (κ2) is 15.4. The Kier molecular flexibility index (Phi) is 16.7. The molecular weight excluding hydrogens is 190 g/mol. The third-order valence-corrected chi connectivity index (χ3v) is 1.78. The molecule has 0 spiro atoms. The van der Waals surface area contributed by atoms with Gasteiger partial charge in [-0.05, 0) is 13.3 Å². The highest BCUT2D eigenvalue weighted by Gasteiger charge is 2.09. The van der Waals surface area contributed by atoms with Crippen LogP contribution >= 0.6 is 0 Å². The lowest BCUT2D eigenvalue weighted by Crippen LogP contribution is -2.05. The topological polar surface area (TPSA) is 38.7 Å². The molecule has 0 saturated heterocycles. The number of ether oxygens (including phenoxy) is 1. The summed E-state index contributed by atoms with van der Waals surface area (Å²) >= 11 is 0. The van der Waals surface area contributed by atoms with Crippen molar-refractivity contribution in [2.24, 2.45) is 4.99 Å². The van der Waals surface area contributed by atoms with Crippen molar-refractivity contribution in [1.82, 2.24) is 0 Å². The van der Waals surface area contributed by atoms with Crippen molar-refractivity contribution >= 4 is 13.2 Å². The SMILES string of the molecule is C=CC.C=O.CCCCCC1COC=N1. The van der Waals surface area contributed by atoms with Crippen LogP contribution in [-0.4, -0.2) is 25.8 Å². The van der Waals surface area contributed by atoms with E-state index in [4.69, 9.17) is 9.53 Å². The van der Waals surface area contributed by atoms with Gasteiger partial charge in [-0.2, -0.15) is 0 Å². The van der Waals surface area contributed by atoms with E-state index in [1.165, 1.54) is 25.7 Å². The molecule has 3 heteroatoms. The molecule has 1 unspecified atom stereocenters. The van der Waals surface area contributed by atoms with Crippen molar-refractivity contribution in [3.8, 4) is 0 Å². The lowest BCUT2D eigenvalue weighted by Gasteiger charge is -2.02. The number of aliphatic imine (C=N–C) groups is 1. The van der Waals surface area contributed by atoms with Crippen LogP contribution in [0.1, 0.15) is 39.5 Å². The Morgan fingerprint density at radius 3 is 2.53 bits per heavy atom. The zero-order valence-electron chi connectivity index (χ0n) is 9.95. The number of hydrogen-bond donors (Lipinski definition) is 0. The Morgan fingerprint density at radius 1 is 1.53 bits per heavy atom. The van der Waals surface area contributed by atoms with Gasteiger partial charge in [-0.3, -0.25) is 4.99 Å². The molecule has 1 atom stereocenters. The number of carbonyl (C=O) groups is 1. The van der Waals surface area contributed by atoms with Crippen molar-refractivity contribution in [2.75, 3.05) is 6.61 Å². The van der Waals surface area contributed by atoms with Crippen LogP contribution in [0.2, 0.25) is 0 Å². The van der Waals surface area contributed by atoms with Crippen LogP contribution < -0.4 is 0 Å². The van der Waals surface area contributed by atoms with Crippen molar-refractivity contribution < 1.29 is 9.53 Å². The van der Waals surface area contributed by atoms with E-state index in [9.17, 15) is 0 Å². The molecule has 0 radical (unpaired) electrons. The summed E-state index contributed by atoms with van der Waals surface area (Å²) in [5.41, 5.74) is 0. The molecule has 0 aliphatic carbocycles. The quantitative estimate of drug-likeness (QED) is 0.532. The normalized spacial score (nSPS) is 16.5. The first-order valence-electron chi connectivity index (χ1n) is 5.34. The van der Waals surface area contributed by atoms with Crippen LogP contribution in [0, 0.1) is 0 Å². The summed E-state index contributed by atoms with van der Waals surface area (Å²) in [6.07, 6.45) is 8.44. The molecule has 0 aromatic heterocycles. The molecule has 0 aromatic rings. The van der Waals surface area contributed by atoms with E-state index >= 15 is 0 Å². The predicted octanol–water partition coefficient (Wildman–Crippen LogP) is 3.00. The van der Waals surface area contributed by atoms with E-state index < -0.39 is 0 Å². The van der Waals surface area contributed by atoms with Crippen LogP contribution in [-0.2, 0) is 9.53 Å². The smallest absolute Gasteiger partial charge is 0.169 e. The van der Waals surface area contributed by atoms with E-state index in [2.05, 4.69) is 18.5 Å². The number of carbonyl (C=O) groups excluding carboxylic acids is 1. The Morgan fingerprint density at radius 2 is 2.13 bits per heavy atom. The molecule has 0 saturated carbocycles. The minimum absolute atomic E-state index is 0.464. The Bertz CT molecular complexity index is 158. The van der Waals surface area contributed by atoms with Crippen LogP contribution in [0.25, 0.3) is 0 Å². The maximum Gasteiger partial charge on any atom is 0.169 e. The Labute approximate surface area is 93.2 Å². The first kappa shape index (κ1) is 16.3. The number of nitrogens with zero attached hydrogens (tertiary/aromatic N) is 1. The standard InChI is InChI=1S/C8H15NO.C3H6.CH2O/c1-2-3-4-5-8-6-10-7-9-8;1-3-2;1-2/h7-8H,2-6H2,1H3;3H,1H2,2H3;1H2. The van der Waals surface area contributed by atoms with Gasteiger partial charge in [-0.1, -0.05) is 32.3 Å². The van der Waals surface area contributed by atoms with E-state index in [0.29, 0.717) is 6.04 Å². The fourth-order valence-corrected chi connectivity index (χ4v) is 1.11. The van der Waals surface area contributed by atoms with Crippen LogP contribution in [0.5, 0.6) is 0 Å². The van der Waals surface area contributed by atoms with Crippen LogP contribution in [0.3, 0.4) is 0 Å². The molecule has 1 heterocycles. The van der Waals surface area contributed by atoms with E-state index in [1.54, 1.807) is 12.5 Å². The second-order valence-corrected chi connectivity index (χ2v) is 3.15. The van der Waals surface area contributed by atoms with Gasteiger partial charge in [0, 0.05) is 0 Å². The van der Waals surface area contributed by atoms with Crippen LogP contribution in [0.15, 0.2) is 17.6 Å². The summed E-state index contributed by atoms with van der Waals surface area (Å²) in [6, 6.07) is 0.464. The van der Waals surface area contributed by atoms with Gasteiger partial charge in [0.25, 0.3) is 0 Å². The maximum absolute atomic E-state index is 8.00. The number of unbranched alkanes of at least 4 members (excludes halogenated alkanes) is 2. The summed E-state index contributed by atoms with van der Waals surface area (Å²) in [6.45, 7) is 10.3. The third-order valence-electron chi connectivity index (χ3n) is 1.78. The van der Waals surface area contributed by atoms with Gasteiger partial charge in [-0.25, -0.2) is 0 Å². The van der Waals surface area contributed by atoms with Crippen molar-refractivity contribution in [3.05, 3.63) is 12.7 Å². The zero-order chi connectivity index (χ0) is 11.9. The molecule has 0 bridgehead atoms. The summed E-state index contributed by atoms with van der Waals surface area (Å²) < 4.78 is 5.00. The van der Waals surface area contributed by atoms with Crippen molar-refractivity contribution in [1.29, 1.82) is 0 Å². The molecule has 0 amide bonds.